The number of carbonyl (C=O) groups is 2. The Labute approximate surface area is 157 Å². The number of hydrogen-bond donors (Lipinski definition) is 0. The first-order valence-electron chi connectivity index (χ1n) is 10.6. The van der Waals surface area contributed by atoms with Crippen LogP contribution in [0.15, 0.2) is 11.6 Å². The first-order chi connectivity index (χ1) is 12.3. The monoisotopic (exact) mass is 358 g/mol. The van der Waals surface area contributed by atoms with E-state index in [1.165, 1.54) is 26.2 Å². The molecule has 3 fully saturated rings. The fourth-order valence-electron chi connectivity index (χ4n) is 7.63. The molecule has 2 unspecified atom stereocenters. The molecule has 0 bridgehead atoms. The van der Waals surface area contributed by atoms with Crippen LogP contribution in [0.5, 0.6) is 0 Å². The topological polar surface area (TPSA) is 43.4 Å². The molecule has 4 aliphatic carbocycles. The third-order valence-electron chi connectivity index (χ3n) is 8.88. The molecule has 0 heterocycles. The predicted octanol–water partition coefficient (Wildman–Crippen LogP) is 5.09. The Hall–Kier alpha value is -1.12. The lowest BCUT2D eigenvalue weighted by molar-refractivity contribution is -0.149. The van der Waals surface area contributed by atoms with Crippen molar-refractivity contribution in [3.05, 3.63) is 11.6 Å². The largest absolute Gasteiger partial charge is 0.462 e. The lowest BCUT2D eigenvalue weighted by Gasteiger charge is -2.58. The summed E-state index contributed by atoms with van der Waals surface area (Å²) in [6, 6.07) is 0. The van der Waals surface area contributed by atoms with Crippen LogP contribution in [-0.2, 0) is 14.3 Å². The third kappa shape index (κ3) is 2.60. The summed E-state index contributed by atoms with van der Waals surface area (Å²) >= 11 is 0. The van der Waals surface area contributed by atoms with Crippen LogP contribution < -0.4 is 0 Å². The molecule has 0 aliphatic heterocycles. The molecule has 3 heteroatoms. The summed E-state index contributed by atoms with van der Waals surface area (Å²) in [4.78, 5) is 23.6. The Bertz CT molecular complexity index is 650. The van der Waals surface area contributed by atoms with E-state index in [1.54, 1.807) is 12.5 Å². The molecule has 4 aliphatic rings. The molecule has 0 amide bonds. The van der Waals surface area contributed by atoms with Crippen LogP contribution in [0.3, 0.4) is 0 Å². The Morgan fingerprint density at radius 2 is 1.81 bits per heavy atom. The second-order valence-electron chi connectivity index (χ2n) is 10.0. The van der Waals surface area contributed by atoms with Crippen LogP contribution in [0, 0.1) is 34.5 Å². The highest BCUT2D eigenvalue weighted by Crippen LogP contribution is 2.66. The van der Waals surface area contributed by atoms with Crippen molar-refractivity contribution >= 4 is 11.8 Å². The van der Waals surface area contributed by atoms with Crippen molar-refractivity contribution < 1.29 is 14.3 Å². The zero-order chi connectivity index (χ0) is 18.7. The number of hydrogen-bond acceptors (Lipinski definition) is 3. The van der Waals surface area contributed by atoms with E-state index in [9.17, 15) is 9.59 Å². The van der Waals surface area contributed by atoms with E-state index in [2.05, 4.69) is 19.9 Å². The number of rotatable bonds is 2. The van der Waals surface area contributed by atoms with Crippen LogP contribution >= 0.6 is 0 Å². The average molecular weight is 359 g/mol. The van der Waals surface area contributed by atoms with Gasteiger partial charge in [-0.15, -0.1) is 0 Å². The molecular weight excluding hydrogens is 324 g/mol. The van der Waals surface area contributed by atoms with Gasteiger partial charge in [0, 0.05) is 19.3 Å². The van der Waals surface area contributed by atoms with E-state index in [-0.39, 0.29) is 28.8 Å². The lowest BCUT2D eigenvalue weighted by atomic mass is 9.47. The molecule has 4 rings (SSSR count). The van der Waals surface area contributed by atoms with Gasteiger partial charge in [0.1, 0.15) is 11.9 Å². The van der Waals surface area contributed by atoms with Gasteiger partial charge >= 0.3 is 5.97 Å². The molecule has 0 N–H and O–H groups in total. The summed E-state index contributed by atoms with van der Waals surface area (Å²) in [5.41, 5.74) is 2.04. The molecule has 0 aromatic carbocycles. The second kappa shape index (κ2) is 6.21. The van der Waals surface area contributed by atoms with Gasteiger partial charge in [-0.3, -0.25) is 9.59 Å². The van der Waals surface area contributed by atoms with E-state index in [1.807, 2.05) is 0 Å². The van der Waals surface area contributed by atoms with E-state index in [0.29, 0.717) is 11.7 Å². The standard InChI is InChI=1S/C23H34O3/c1-14(24)19-7-8-20-18-6-5-16-13-17(26-15(2)25)9-11-22(16,3)21(18)10-12-23(19,20)4/h5,17-21H,6-13H2,1-4H3/t17-,18-,19+,20?,21?,22-,23+/m0/s1. The first-order valence-corrected chi connectivity index (χ1v) is 10.6. The normalized spacial score (nSPS) is 47.2. The highest BCUT2D eigenvalue weighted by Gasteiger charge is 2.59. The Morgan fingerprint density at radius 3 is 2.50 bits per heavy atom. The van der Waals surface area contributed by atoms with Crippen LogP contribution in [0.25, 0.3) is 0 Å². The van der Waals surface area contributed by atoms with E-state index in [4.69, 9.17) is 4.74 Å². The molecule has 0 saturated heterocycles. The van der Waals surface area contributed by atoms with Gasteiger partial charge < -0.3 is 4.74 Å². The molecular formula is C23H34O3. The van der Waals surface area contributed by atoms with Gasteiger partial charge in [0.15, 0.2) is 0 Å². The Morgan fingerprint density at radius 1 is 1.04 bits per heavy atom. The summed E-state index contributed by atoms with van der Waals surface area (Å²) in [7, 11) is 0. The van der Waals surface area contributed by atoms with Crippen LogP contribution in [-0.4, -0.2) is 17.9 Å². The predicted molar refractivity (Wildman–Crippen MR) is 101 cm³/mol. The van der Waals surface area contributed by atoms with E-state index >= 15 is 0 Å². The summed E-state index contributed by atoms with van der Waals surface area (Å²) in [6.45, 7) is 8.21. The maximum absolute atomic E-state index is 12.2. The average Bonchev–Trinajstić information content (AvgIpc) is 2.92. The summed E-state index contributed by atoms with van der Waals surface area (Å²) < 4.78 is 5.53. The molecule has 3 saturated carbocycles. The minimum atomic E-state index is -0.150. The summed E-state index contributed by atoms with van der Waals surface area (Å²) in [6.07, 6.45) is 11.6. The fraction of sp³-hybridized carbons (Fsp3) is 0.826. The minimum absolute atomic E-state index is 0.0748. The van der Waals surface area contributed by atoms with Gasteiger partial charge in [-0.1, -0.05) is 25.5 Å². The fourth-order valence-corrected chi connectivity index (χ4v) is 7.63. The first kappa shape index (κ1) is 18.3. The number of fused-ring (bicyclic) bond motifs is 5. The molecule has 26 heavy (non-hydrogen) atoms. The second-order valence-corrected chi connectivity index (χ2v) is 10.0. The quantitative estimate of drug-likeness (QED) is 0.510. The van der Waals surface area contributed by atoms with Crippen molar-refractivity contribution in [2.24, 2.45) is 34.5 Å². The minimum Gasteiger partial charge on any atom is -0.462 e. The molecule has 0 radical (unpaired) electrons. The number of Topliss-reactive ketones (excluding diaryl/α,β-unsaturated/α-hetero) is 1. The van der Waals surface area contributed by atoms with Crippen molar-refractivity contribution in [2.45, 2.75) is 85.2 Å². The summed E-state index contributed by atoms with van der Waals surface area (Å²) in [5, 5.41) is 0. The number of allylic oxidation sites excluding steroid dienone is 1. The van der Waals surface area contributed by atoms with E-state index in [0.717, 1.165) is 43.9 Å². The van der Waals surface area contributed by atoms with Crippen molar-refractivity contribution in [2.75, 3.05) is 0 Å². The van der Waals surface area contributed by atoms with Crippen molar-refractivity contribution in [3.63, 3.8) is 0 Å². The third-order valence-corrected chi connectivity index (χ3v) is 8.88. The SMILES string of the molecule is CC(=O)O[C@H]1CC[C@@]2(C)C(=CC[C@@H]3C2CC[C@@]2(C)C3CC[C@@H]2C(C)=O)C1. The Kier molecular flexibility index (Phi) is 4.36. The number of ketones is 1. The highest BCUT2D eigenvalue weighted by molar-refractivity contribution is 5.79. The van der Waals surface area contributed by atoms with Gasteiger partial charge in [0.2, 0.25) is 0 Å². The van der Waals surface area contributed by atoms with Gasteiger partial charge in [-0.2, -0.15) is 0 Å². The Balaban J connectivity index is 1.59. The van der Waals surface area contributed by atoms with Crippen molar-refractivity contribution in [1.29, 1.82) is 0 Å². The highest BCUT2D eigenvalue weighted by atomic mass is 16.5. The molecule has 3 nitrogen and oxygen atoms in total. The van der Waals surface area contributed by atoms with Gasteiger partial charge in [0.05, 0.1) is 0 Å². The lowest BCUT2D eigenvalue weighted by Crippen LogP contribution is -2.51. The van der Waals surface area contributed by atoms with E-state index < -0.39 is 0 Å². The van der Waals surface area contributed by atoms with Crippen molar-refractivity contribution in [3.8, 4) is 0 Å². The number of esters is 1. The van der Waals surface area contributed by atoms with Gasteiger partial charge in [0.25, 0.3) is 0 Å². The van der Waals surface area contributed by atoms with Crippen LogP contribution in [0.4, 0.5) is 0 Å². The molecule has 144 valence electrons. The molecule has 0 spiro atoms. The number of carbonyl (C=O) groups excluding carboxylic acids is 2. The smallest absolute Gasteiger partial charge is 0.302 e. The van der Waals surface area contributed by atoms with Crippen molar-refractivity contribution in [1.82, 2.24) is 0 Å². The maximum Gasteiger partial charge on any atom is 0.302 e. The van der Waals surface area contributed by atoms with Gasteiger partial charge in [-0.05, 0) is 80.5 Å². The zero-order valence-electron chi connectivity index (χ0n) is 16.8. The number of ether oxygens (including phenoxy) is 1. The van der Waals surface area contributed by atoms with Crippen LogP contribution in [0.1, 0.15) is 79.1 Å². The van der Waals surface area contributed by atoms with Gasteiger partial charge in [-0.25, -0.2) is 0 Å². The van der Waals surface area contributed by atoms with Crippen LogP contribution in [0.2, 0.25) is 0 Å². The molecule has 0 aromatic rings. The molecule has 7 atom stereocenters. The maximum atomic E-state index is 12.2. The summed E-state index contributed by atoms with van der Waals surface area (Å²) in [5.74, 6) is 2.72. The zero-order valence-corrected chi connectivity index (χ0v) is 16.8. The molecule has 0 aromatic heterocycles.